The van der Waals surface area contributed by atoms with Gasteiger partial charge in [0.2, 0.25) is 0 Å². The molecule has 16 heavy (non-hydrogen) atoms. The lowest BCUT2D eigenvalue weighted by Gasteiger charge is -2.38. The number of carbonyl (C=O) groups is 1. The molecule has 0 atom stereocenters. The zero-order chi connectivity index (χ0) is 11.8. The van der Waals surface area contributed by atoms with Crippen LogP contribution < -0.4 is 0 Å². The van der Waals surface area contributed by atoms with Crippen LogP contribution in [0, 0.1) is 5.92 Å². The zero-order valence-electron chi connectivity index (χ0n) is 10.2. The Hall–Kier alpha value is -0.610. The molecule has 4 heteroatoms. The molecule has 1 heterocycles. The van der Waals surface area contributed by atoms with Crippen molar-refractivity contribution in [2.75, 3.05) is 32.8 Å². The van der Waals surface area contributed by atoms with Gasteiger partial charge in [-0.15, -0.1) is 0 Å². The Morgan fingerprint density at radius 1 is 1.38 bits per heavy atom. The summed E-state index contributed by atoms with van der Waals surface area (Å²) in [4.78, 5) is 13.4. The van der Waals surface area contributed by atoms with E-state index in [1.807, 2.05) is 6.92 Å². The molecule has 94 valence electrons. The Labute approximate surface area is 97.6 Å². The van der Waals surface area contributed by atoms with Crippen LogP contribution >= 0.6 is 0 Å². The Morgan fingerprint density at radius 3 is 2.75 bits per heavy atom. The number of nitrogens with zero attached hydrogens (tertiary/aromatic N) is 1. The Morgan fingerprint density at radius 2 is 2.12 bits per heavy atom. The van der Waals surface area contributed by atoms with E-state index in [1.54, 1.807) is 0 Å². The van der Waals surface area contributed by atoms with Crippen LogP contribution in [-0.2, 0) is 9.53 Å². The Balaban J connectivity index is 1.84. The molecular weight excluding hydrogens is 206 g/mol. The van der Waals surface area contributed by atoms with E-state index in [0.29, 0.717) is 25.6 Å². The van der Waals surface area contributed by atoms with Crippen LogP contribution in [0.5, 0.6) is 0 Å². The number of hydrogen-bond donors (Lipinski definition) is 1. The molecular formula is C12H23NO3. The van der Waals surface area contributed by atoms with Crippen LogP contribution in [0.3, 0.4) is 0 Å². The second-order valence-electron chi connectivity index (χ2n) is 4.42. The van der Waals surface area contributed by atoms with Crippen molar-refractivity contribution in [2.24, 2.45) is 5.92 Å². The highest BCUT2D eigenvalue weighted by Crippen LogP contribution is 2.15. The minimum atomic E-state index is -0.0770. The number of unbranched alkanes of at least 4 members (excludes halogenated alkanes) is 2. The fourth-order valence-corrected chi connectivity index (χ4v) is 1.99. The lowest BCUT2D eigenvalue weighted by molar-refractivity contribution is -0.143. The van der Waals surface area contributed by atoms with Gasteiger partial charge in [0.25, 0.3) is 0 Å². The van der Waals surface area contributed by atoms with Gasteiger partial charge in [0.15, 0.2) is 0 Å². The number of hydrogen-bond acceptors (Lipinski definition) is 4. The van der Waals surface area contributed by atoms with Crippen LogP contribution in [0.2, 0.25) is 0 Å². The normalized spacial score (nSPS) is 17.1. The number of likely N-dealkylation sites (tertiary alicyclic amines) is 1. The molecule has 1 fully saturated rings. The lowest BCUT2D eigenvalue weighted by atomic mass is 10.0. The van der Waals surface area contributed by atoms with Gasteiger partial charge < -0.3 is 14.7 Å². The topological polar surface area (TPSA) is 49.8 Å². The number of ether oxygens (including phenoxy) is 1. The van der Waals surface area contributed by atoms with Crippen molar-refractivity contribution in [1.29, 1.82) is 0 Å². The molecule has 0 aliphatic carbocycles. The van der Waals surface area contributed by atoms with Gasteiger partial charge in [-0.05, 0) is 26.3 Å². The summed E-state index contributed by atoms with van der Waals surface area (Å²) in [6.07, 6.45) is 3.69. The number of esters is 1. The SMILES string of the molecule is CCOC(=O)CCCCCN1CC(CO)C1. The fourth-order valence-electron chi connectivity index (χ4n) is 1.99. The maximum atomic E-state index is 11.0. The van der Waals surface area contributed by atoms with E-state index in [1.165, 1.54) is 0 Å². The van der Waals surface area contributed by atoms with Gasteiger partial charge in [-0.1, -0.05) is 6.42 Å². The van der Waals surface area contributed by atoms with Gasteiger partial charge in [-0.3, -0.25) is 4.79 Å². The van der Waals surface area contributed by atoms with Gasteiger partial charge in [0.1, 0.15) is 0 Å². The van der Waals surface area contributed by atoms with E-state index in [4.69, 9.17) is 9.84 Å². The van der Waals surface area contributed by atoms with Crippen molar-refractivity contribution in [3.05, 3.63) is 0 Å². The molecule has 0 aromatic heterocycles. The molecule has 1 rings (SSSR count). The summed E-state index contributed by atoms with van der Waals surface area (Å²) >= 11 is 0. The monoisotopic (exact) mass is 229 g/mol. The summed E-state index contributed by atoms with van der Waals surface area (Å²) in [6, 6.07) is 0. The van der Waals surface area contributed by atoms with Crippen molar-refractivity contribution >= 4 is 5.97 Å². The van der Waals surface area contributed by atoms with E-state index in [-0.39, 0.29) is 5.97 Å². The van der Waals surface area contributed by atoms with Gasteiger partial charge >= 0.3 is 5.97 Å². The Kier molecular flexibility index (Phi) is 6.42. The number of carbonyl (C=O) groups excluding carboxylic acids is 1. The quantitative estimate of drug-likeness (QED) is 0.499. The molecule has 1 aliphatic heterocycles. The summed E-state index contributed by atoms with van der Waals surface area (Å²) in [7, 11) is 0. The second-order valence-corrected chi connectivity index (χ2v) is 4.42. The zero-order valence-corrected chi connectivity index (χ0v) is 10.2. The molecule has 1 saturated heterocycles. The smallest absolute Gasteiger partial charge is 0.305 e. The minimum absolute atomic E-state index is 0.0770. The average Bonchev–Trinajstić information content (AvgIpc) is 2.20. The van der Waals surface area contributed by atoms with Crippen molar-refractivity contribution in [2.45, 2.75) is 32.6 Å². The van der Waals surface area contributed by atoms with E-state index in [0.717, 1.165) is 38.9 Å². The molecule has 0 amide bonds. The summed E-state index contributed by atoms with van der Waals surface area (Å²) in [6.45, 7) is 5.80. The first-order valence-electron chi connectivity index (χ1n) is 6.25. The number of aliphatic hydroxyl groups excluding tert-OH is 1. The molecule has 1 aliphatic rings. The predicted molar refractivity (Wildman–Crippen MR) is 62.1 cm³/mol. The second kappa shape index (κ2) is 7.63. The highest BCUT2D eigenvalue weighted by Gasteiger charge is 2.24. The third kappa shape index (κ3) is 4.94. The average molecular weight is 229 g/mol. The Bertz CT molecular complexity index is 202. The van der Waals surface area contributed by atoms with Crippen molar-refractivity contribution in [3.8, 4) is 0 Å². The molecule has 0 aromatic rings. The summed E-state index contributed by atoms with van der Waals surface area (Å²) in [5.74, 6) is 0.423. The minimum Gasteiger partial charge on any atom is -0.466 e. The first-order valence-corrected chi connectivity index (χ1v) is 6.25. The van der Waals surface area contributed by atoms with Gasteiger partial charge in [0, 0.05) is 32.0 Å². The molecule has 4 nitrogen and oxygen atoms in total. The maximum Gasteiger partial charge on any atom is 0.305 e. The summed E-state index contributed by atoms with van der Waals surface area (Å²) in [5.41, 5.74) is 0. The molecule has 0 unspecified atom stereocenters. The number of rotatable bonds is 8. The van der Waals surface area contributed by atoms with Gasteiger partial charge in [0.05, 0.1) is 6.61 Å². The largest absolute Gasteiger partial charge is 0.466 e. The van der Waals surface area contributed by atoms with Crippen molar-refractivity contribution in [3.63, 3.8) is 0 Å². The van der Waals surface area contributed by atoms with Crippen LogP contribution in [0.15, 0.2) is 0 Å². The van der Waals surface area contributed by atoms with E-state index < -0.39 is 0 Å². The third-order valence-corrected chi connectivity index (χ3v) is 2.95. The van der Waals surface area contributed by atoms with E-state index in [9.17, 15) is 4.79 Å². The van der Waals surface area contributed by atoms with Crippen LogP contribution in [0.25, 0.3) is 0 Å². The summed E-state index contributed by atoms with van der Waals surface area (Å²) < 4.78 is 4.85. The van der Waals surface area contributed by atoms with Crippen LogP contribution in [-0.4, -0.2) is 48.8 Å². The molecule has 0 aromatic carbocycles. The molecule has 1 N–H and O–H groups in total. The molecule has 0 spiro atoms. The highest BCUT2D eigenvalue weighted by molar-refractivity contribution is 5.69. The van der Waals surface area contributed by atoms with Crippen molar-refractivity contribution < 1.29 is 14.6 Å². The molecule has 0 radical (unpaired) electrons. The lowest BCUT2D eigenvalue weighted by Crippen LogP contribution is -2.48. The third-order valence-electron chi connectivity index (χ3n) is 2.95. The molecule has 0 saturated carbocycles. The highest BCUT2D eigenvalue weighted by atomic mass is 16.5. The van der Waals surface area contributed by atoms with E-state index in [2.05, 4.69) is 4.90 Å². The van der Waals surface area contributed by atoms with Gasteiger partial charge in [-0.25, -0.2) is 0 Å². The first-order chi connectivity index (χ1) is 7.76. The predicted octanol–water partition coefficient (Wildman–Crippen LogP) is 1.03. The van der Waals surface area contributed by atoms with Crippen molar-refractivity contribution in [1.82, 2.24) is 4.90 Å². The number of aliphatic hydroxyl groups is 1. The maximum absolute atomic E-state index is 11.0. The summed E-state index contributed by atoms with van der Waals surface area (Å²) in [5, 5.41) is 8.85. The van der Waals surface area contributed by atoms with Crippen LogP contribution in [0.1, 0.15) is 32.6 Å². The first kappa shape index (κ1) is 13.5. The van der Waals surface area contributed by atoms with Crippen LogP contribution in [0.4, 0.5) is 0 Å². The standard InChI is InChI=1S/C12H23NO3/c1-2-16-12(15)6-4-3-5-7-13-8-11(9-13)10-14/h11,14H,2-10H2,1H3. The van der Waals surface area contributed by atoms with Gasteiger partial charge in [-0.2, -0.15) is 0 Å². The fraction of sp³-hybridized carbons (Fsp3) is 0.917. The molecule has 0 bridgehead atoms. The van der Waals surface area contributed by atoms with E-state index >= 15 is 0 Å².